The maximum Gasteiger partial charge on any atom is 0.312 e. The fourth-order valence-corrected chi connectivity index (χ4v) is 3.34. The van der Waals surface area contributed by atoms with E-state index in [1.807, 2.05) is 6.07 Å². The van der Waals surface area contributed by atoms with Crippen molar-refractivity contribution >= 4 is 9.84 Å². The molecule has 9 heteroatoms. The summed E-state index contributed by atoms with van der Waals surface area (Å²) in [6, 6.07) is 3.98. The molecular weight excluding hydrogens is 347 g/mol. The molecule has 24 heavy (non-hydrogen) atoms. The number of fused-ring (bicyclic) bond motifs is 1. The number of alkyl halides is 3. The molecule has 0 spiro atoms. The standard InChI is InChI=1S/C15H16F3NO4S/c1-14(2,6-19)7-23-8-4-5-9(24(3,21)22)11-10(8)12(16)15(17,18)13(11)20/h4-5,12-13,20H,7H2,1-3H3/t12-,13+/m1/s1. The predicted octanol–water partition coefficient (Wildman–Crippen LogP) is 2.71. The van der Waals surface area contributed by atoms with Crippen molar-refractivity contribution in [3.05, 3.63) is 23.3 Å². The Balaban J connectivity index is 2.62. The molecule has 0 radical (unpaired) electrons. The molecule has 1 aromatic rings. The Kier molecular flexibility index (Phi) is 4.35. The summed E-state index contributed by atoms with van der Waals surface area (Å²) in [6.07, 6.45) is -4.73. The van der Waals surface area contributed by atoms with E-state index in [0.717, 1.165) is 18.4 Å². The van der Waals surface area contributed by atoms with Crippen molar-refractivity contribution in [1.29, 1.82) is 5.26 Å². The molecule has 0 saturated carbocycles. The first-order valence-electron chi connectivity index (χ1n) is 6.94. The maximum atomic E-state index is 14.2. The van der Waals surface area contributed by atoms with Gasteiger partial charge in [-0.15, -0.1) is 0 Å². The van der Waals surface area contributed by atoms with Crippen molar-refractivity contribution in [2.45, 2.75) is 36.9 Å². The highest BCUT2D eigenvalue weighted by Crippen LogP contribution is 2.56. The van der Waals surface area contributed by atoms with E-state index < -0.39 is 49.5 Å². The molecule has 5 nitrogen and oxygen atoms in total. The summed E-state index contributed by atoms with van der Waals surface area (Å²) in [5.41, 5.74) is -2.35. The highest BCUT2D eigenvalue weighted by atomic mass is 32.2. The minimum atomic E-state index is -4.17. The smallest absolute Gasteiger partial charge is 0.312 e. The van der Waals surface area contributed by atoms with Crippen molar-refractivity contribution < 1.29 is 31.4 Å². The fourth-order valence-electron chi connectivity index (χ4n) is 2.40. The van der Waals surface area contributed by atoms with E-state index in [1.165, 1.54) is 13.8 Å². The molecule has 0 unspecified atom stereocenters. The second kappa shape index (κ2) is 5.63. The molecule has 0 fully saturated rings. The molecule has 0 bridgehead atoms. The van der Waals surface area contributed by atoms with Gasteiger partial charge in [0.2, 0.25) is 0 Å². The Bertz CT molecular complexity index is 815. The van der Waals surface area contributed by atoms with Crippen LogP contribution in [0.1, 0.15) is 37.3 Å². The lowest BCUT2D eigenvalue weighted by Crippen LogP contribution is -2.24. The summed E-state index contributed by atoms with van der Waals surface area (Å²) in [5, 5.41) is 18.7. The van der Waals surface area contributed by atoms with Gasteiger partial charge in [-0.1, -0.05) is 0 Å². The summed E-state index contributed by atoms with van der Waals surface area (Å²) in [4.78, 5) is -0.572. The molecule has 1 aliphatic rings. The lowest BCUT2D eigenvalue weighted by molar-refractivity contribution is -0.144. The van der Waals surface area contributed by atoms with Gasteiger partial charge < -0.3 is 9.84 Å². The molecule has 0 heterocycles. The molecule has 1 aliphatic carbocycles. The number of aliphatic hydroxyl groups excluding tert-OH is 1. The summed E-state index contributed by atoms with van der Waals surface area (Å²) in [5.74, 6) is -4.49. The Hall–Kier alpha value is -1.79. The minimum absolute atomic E-state index is 0.220. The van der Waals surface area contributed by atoms with Crippen molar-refractivity contribution in [3.8, 4) is 11.8 Å². The molecule has 132 valence electrons. The number of hydrogen-bond acceptors (Lipinski definition) is 5. The molecule has 0 aromatic heterocycles. The minimum Gasteiger partial charge on any atom is -0.492 e. The zero-order valence-electron chi connectivity index (χ0n) is 13.2. The zero-order valence-corrected chi connectivity index (χ0v) is 14.0. The predicted molar refractivity (Wildman–Crippen MR) is 78.2 cm³/mol. The number of nitrogens with zero attached hydrogens (tertiary/aromatic N) is 1. The van der Waals surface area contributed by atoms with Crippen LogP contribution in [0.25, 0.3) is 0 Å². The van der Waals surface area contributed by atoms with E-state index >= 15 is 0 Å². The van der Waals surface area contributed by atoms with Crippen LogP contribution in [-0.2, 0) is 9.84 Å². The van der Waals surface area contributed by atoms with Gasteiger partial charge in [-0.25, -0.2) is 12.8 Å². The molecule has 1 aromatic carbocycles. The number of halogens is 3. The number of benzene rings is 1. The highest BCUT2D eigenvalue weighted by molar-refractivity contribution is 7.90. The van der Waals surface area contributed by atoms with Crippen LogP contribution < -0.4 is 4.74 Å². The van der Waals surface area contributed by atoms with Gasteiger partial charge >= 0.3 is 5.92 Å². The summed E-state index contributed by atoms with van der Waals surface area (Å²) < 4.78 is 70.8. The van der Waals surface area contributed by atoms with E-state index in [9.17, 15) is 26.7 Å². The monoisotopic (exact) mass is 363 g/mol. The Morgan fingerprint density at radius 2 is 1.96 bits per heavy atom. The Labute approximate surface area is 137 Å². The van der Waals surface area contributed by atoms with Crippen LogP contribution in [0.5, 0.6) is 5.75 Å². The van der Waals surface area contributed by atoms with Gasteiger partial charge in [0.05, 0.1) is 16.4 Å². The van der Waals surface area contributed by atoms with Gasteiger partial charge in [0.1, 0.15) is 18.5 Å². The number of aliphatic hydroxyl groups is 1. The largest absolute Gasteiger partial charge is 0.492 e. The van der Waals surface area contributed by atoms with E-state index in [0.29, 0.717) is 0 Å². The maximum absolute atomic E-state index is 14.2. The van der Waals surface area contributed by atoms with Gasteiger partial charge in [0.25, 0.3) is 0 Å². The lowest BCUT2D eigenvalue weighted by Gasteiger charge is -2.19. The van der Waals surface area contributed by atoms with Crippen LogP contribution in [-0.4, -0.2) is 32.3 Å². The van der Waals surface area contributed by atoms with Gasteiger partial charge in [0.15, 0.2) is 16.0 Å². The molecular formula is C15H16F3NO4S. The van der Waals surface area contributed by atoms with Gasteiger partial charge in [-0.2, -0.15) is 14.0 Å². The third-order valence-corrected chi connectivity index (χ3v) is 4.88. The van der Waals surface area contributed by atoms with Crippen LogP contribution >= 0.6 is 0 Å². The van der Waals surface area contributed by atoms with E-state index in [1.54, 1.807) is 0 Å². The van der Waals surface area contributed by atoms with Crippen LogP contribution in [0, 0.1) is 16.7 Å². The Morgan fingerprint density at radius 1 is 1.38 bits per heavy atom. The average Bonchev–Trinajstić information content (AvgIpc) is 2.65. The van der Waals surface area contributed by atoms with Crippen molar-refractivity contribution in [2.24, 2.45) is 5.41 Å². The second-order valence-corrected chi connectivity index (χ2v) is 8.37. The quantitative estimate of drug-likeness (QED) is 0.889. The van der Waals surface area contributed by atoms with Crippen molar-refractivity contribution in [2.75, 3.05) is 12.9 Å². The average molecular weight is 363 g/mol. The number of nitriles is 1. The molecule has 0 amide bonds. The summed E-state index contributed by atoms with van der Waals surface area (Å²) in [6.45, 7) is 2.85. The fraction of sp³-hybridized carbons (Fsp3) is 0.533. The van der Waals surface area contributed by atoms with E-state index in [2.05, 4.69) is 0 Å². The first kappa shape index (κ1) is 18.5. The third-order valence-electron chi connectivity index (χ3n) is 3.73. The van der Waals surface area contributed by atoms with Crippen LogP contribution in [0.15, 0.2) is 17.0 Å². The number of hydrogen-bond donors (Lipinski definition) is 1. The van der Waals surface area contributed by atoms with Crippen molar-refractivity contribution in [3.63, 3.8) is 0 Å². The van der Waals surface area contributed by atoms with Gasteiger partial charge in [-0.3, -0.25) is 0 Å². The number of rotatable bonds is 4. The van der Waals surface area contributed by atoms with Crippen LogP contribution in [0.4, 0.5) is 13.2 Å². The molecule has 0 aliphatic heterocycles. The lowest BCUT2D eigenvalue weighted by atomic mass is 9.97. The van der Waals surface area contributed by atoms with Gasteiger partial charge in [-0.05, 0) is 26.0 Å². The van der Waals surface area contributed by atoms with Crippen molar-refractivity contribution in [1.82, 2.24) is 0 Å². The SMILES string of the molecule is CC(C)(C#N)COc1ccc(S(C)(=O)=O)c2c1[C@@H](F)C(F)(F)[C@H]2O. The Morgan fingerprint density at radius 3 is 2.46 bits per heavy atom. The first-order valence-corrected chi connectivity index (χ1v) is 8.83. The summed E-state index contributed by atoms with van der Waals surface area (Å²) in [7, 11) is -3.97. The highest BCUT2D eigenvalue weighted by Gasteiger charge is 2.58. The molecule has 2 rings (SSSR count). The molecule has 1 N–H and O–H groups in total. The van der Waals surface area contributed by atoms with E-state index in [4.69, 9.17) is 10.00 Å². The molecule has 2 atom stereocenters. The second-order valence-electron chi connectivity index (χ2n) is 6.39. The van der Waals surface area contributed by atoms with Crippen LogP contribution in [0.2, 0.25) is 0 Å². The van der Waals surface area contributed by atoms with Crippen LogP contribution in [0.3, 0.4) is 0 Å². The number of sulfone groups is 1. The van der Waals surface area contributed by atoms with E-state index in [-0.39, 0.29) is 12.4 Å². The zero-order chi connectivity index (χ0) is 18.5. The van der Waals surface area contributed by atoms with Gasteiger partial charge in [0, 0.05) is 17.4 Å². The normalized spacial score (nSPS) is 22.8. The summed E-state index contributed by atoms with van der Waals surface area (Å²) >= 11 is 0. The molecule has 0 saturated heterocycles. The first-order chi connectivity index (χ1) is 10.8. The topological polar surface area (TPSA) is 87.4 Å². The number of ether oxygens (including phenoxy) is 1. The third kappa shape index (κ3) is 2.96.